The fourth-order valence-electron chi connectivity index (χ4n) is 2.86. The molecule has 1 amide bonds. The van der Waals surface area contributed by atoms with Crippen LogP contribution in [0.2, 0.25) is 0 Å². The number of carbonyl (C=O) groups excluding carboxylic acids is 1. The first-order valence-corrected chi connectivity index (χ1v) is 8.52. The Hall–Kier alpha value is -3.60. The van der Waals surface area contributed by atoms with E-state index in [9.17, 15) is 15.0 Å². The zero-order chi connectivity index (χ0) is 19.2. The summed E-state index contributed by atoms with van der Waals surface area (Å²) in [5, 5.41) is 23.6. The second-order valence-corrected chi connectivity index (χ2v) is 6.13. The molecule has 0 aromatic heterocycles. The number of nitrogens with zero attached hydrogens (tertiary/aromatic N) is 1. The summed E-state index contributed by atoms with van der Waals surface area (Å²) in [6, 6.07) is 23.1. The van der Waals surface area contributed by atoms with Gasteiger partial charge in [0.1, 0.15) is 11.5 Å². The summed E-state index contributed by atoms with van der Waals surface area (Å²) in [5.41, 5.74) is 5.03. The number of rotatable bonds is 5. The van der Waals surface area contributed by atoms with Crippen LogP contribution in [0.3, 0.4) is 0 Å². The van der Waals surface area contributed by atoms with E-state index in [1.165, 1.54) is 18.2 Å². The van der Waals surface area contributed by atoms with Gasteiger partial charge in [-0.1, -0.05) is 60.7 Å². The molecule has 3 N–H and O–H groups in total. The highest BCUT2D eigenvalue weighted by Crippen LogP contribution is 2.25. The van der Waals surface area contributed by atoms with E-state index < -0.39 is 5.92 Å². The lowest BCUT2D eigenvalue weighted by atomic mass is 9.91. The summed E-state index contributed by atoms with van der Waals surface area (Å²) >= 11 is 0. The molecule has 0 bridgehead atoms. The van der Waals surface area contributed by atoms with Gasteiger partial charge in [-0.25, -0.2) is 5.43 Å². The lowest BCUT2D eigenvalue weighted by Crippen LogP contribution is -2.27. The van der Waals surface area contributed by atoms with Crippen molar-refractivity contribution in [2.24, 2.45) is 5.10 Å². The first kappa shape index (κ1) is 18.2. The Morgan fingerprint density at radius 3 is 2.00 bits per heavy atom. The van der Waals surface area contributed by atoms with Gasteiger partial charge in [0.25, 0.3) is 5.91 Å². The van der Waals surface area contributed by atoms with Crippen LogP contribution < -0.4 is 5.43 Å². The molecule has 0 aliphatic rings. The summed E-state index contributed by atoms with van der Waals surface area (Å²) in [5.74, 6) is -0.811. The molecule has 0 aliphatic carbocycles. The maximum atomic E-state index is 12.9. The number of aromatic hydroxyl groups is 2. The van der Waals surface area contributed by atoms with Crippen LogP contribution in [0.5, 0.6) is 11.5 Å². The van der Waals surface area contributed by atoms with E-state index in [0.717, 1.165) is 11.1 Å². The van der Waals surface area contributed by atoms with Crippen molar-refractivity contribution in [1.29, 1.82) is 0 Å². The zero-order valence-corrected chi connectivity index (χ0v) is 14.8. The number of benzene rings is 3. The van der Waals surface area contributed by atoms with Gasteiger partial charge in [0.15, 0.2) is 0 Å². The van der Waals surface area contributed by atoms with Crippen LogP contribution in [-0.4, -0.2) is 21.8 Å². The molecule has 0 aliphatic heterocycles. The average Bonchev–Trinajstić information content (AvgIpc) is 2.70. The number of phenols is 2. The molecule has 0 spiro atoms. The van der Waals surface area contributed by atoms with Crippen molar-refractivity contribution >= 4 is 11.6 Å². The number of hydrogen-bond donors (Lipinski definition) is 3. The Labute approximate surface area is 157 Å². The van der Waals surface area contributed by atoms with E-state index in [-0.39, 0.29) is 17.4 Å². The molecule has 0 radical (unpaired) electrons. The Morgan fingerprint density at radius 2 is 1.44 bits per heavy atom. The van der Waals surface area contributed by atoms with Crippen LogP contribution in [0, 0.1) is 0 Å². The van der Waals surface area contributed by atoms with E-state index in [0.29, 0.717) is 11.3 Å². The molecule has 0 heterocycles. The first-order chi connectivity index (χ1) is 13.1. The second-order valence-electron chi connectivity index (χ2n) is 6.13. The molecule has 5 nitrogen and oxygen atoms in total. The minimum atomic E-state index is -0.512. The molecule has 0 unspecified atom stereocenters. The molecule has 0 atom stereocenters. The molecule has 3 rings (SSSR count). The summed E-state index contributed by atoms with van der Waals surface area (Å²) in [6.07, 6.45) is 0. The monoisotopic (exact) mass is 360 g/mol. The highest BCUT2D eigenvalue weighted by atomic mass is 16.3. The fourth-order valence-corrected chi connectivity index (χ4v) is 2.86. The fraction of sp³-hybridized carbons (Fsp3) is 0.0909. The van der Waals surface area contributed by atoms with Gasteiger partial charge in [0, 0.05) is 5.56 Å². The highest BCUT2D eigenvalue weighted by molar-refractivity contribution is 6.02. The van der Waals surface area contributed by atoms with Crippen molar-refractivity contribution in [3.05, 3.63) is 95.6 Å². The van der Waals surface area contributed by atoms with Crippen molar-refractivity contribution in [1.82, 2.24) is 5.43 Å². The molecular weight excluding hydrogens is 340 g/mol. The van der Waals surface area contributed by atoms with E-state index in [1.807, 2.05) is 60.7 Å². The smallest absolute Gasteiger partial charge is 0.252 e. The van der Waals surface area contributed by atoms with Crippen LogP contribution in [0.4, 0.5) is 0 Å². The lowest BCUT2D eigenvalue weighted by Gasteiger charge is -2.16. The van der Waals surface area contributed by atoms with Crippen LogP contribution >= 0.6 is 0 Å². The predicted octanol–water partition coefficient (Wildman–Crippen LogP) is 3.77. The third kappa shape index (κ3) is 4.33. The van der Waals surface area contributed by atoms with E-state index in [1.54, 1.807) is 6.92 Å². The number of carbonyl (C=O) groups is 1. The number of nitrogens with one attached hydrogen (secondary N) is 1. The quantitative estimate of drug-likeness (QED) is 0.368. The summed E-state index contributed by atoms with van der Waals surface area (Å²) in [7, 11) is 0. The highest BCUT2D eigenvalue weighted by Gasteiger charge is 2.22. The third-order valence-corrected chi connectivity index (χ3v) is 4.23. The molecule has 3 aromatic carbocycles. The van der Waals surface area contributed by atoms with Gasteiger partial charge in [-0.3, -0.25) is 4.79 Å². The number of hydrazone groups is 1. The number of amides is 1. The topological polar surface area (TPSA) is 81.9 Å². The molecule has 5 heteroatoms. The minimum absolute atomic E-state index is 0.00937. The van der Waals surface area contributed by atoms with Crippen molar-refractivity contribution in [3.8, 4) is 11.5 Å². The number of phenolic OH excluding ortho intramolecular Hbond substituents is 2. The lowest BCUT2D eigenvalue weighted by molar-refractivity contribution is -0.121. The second kappa shape index (κ2) is 8.19. The summed E-state index contributed by atoms with van der Waals surface area (Å²) in [6.45, 7) is 1.65. The van der Waals surface area contributed by atoms with Crippen LogP contribution in [0.15, 0.2) is 84.0 Å². The Bertz CT molecular complexity index is 914. The van der Waals surface area contributed by atoms with Gasteiger partial charge in [-0.05, 0) is 36.2 Å². The maximum absolute atomic E-state index is 12.9. The van der Waals surface area contributed by atoms with Gasteiger partial charge in [-0.15, -0.1) is 0 Å². The molecule has 3 aromatic rings. The van der Waals surface area contributed by atoms with Crippen molar-refractivity contribution in [2.75, 3.05) is 0 Å². The van der Waals surface area contributed by atoms with Gasteiger partial charge in [0.2, 0.25) is 0 Å². The number of hydrogen-bond acceptors (Lipinski definition) is 4. The Morgan fingerprint density at radius 1 is 0.889 bits per heavy atom. The zero-order valence-electron chi connectivity index (χ0n) is 14.8. The third-order valence-electron chi connectivity index (χ3n) is 4.23. The van der Waals surface area contributed by atoms with Gasteiger partial charge in [0.05, 0.1) is 11.6 Å². The molecule has 0 saturated carbocycles. The largest absolute Gasteiger partial charge is 0.508 e. The van der Waals surface area contributed by atoms with Crippen LogP contribution in [0.25, 0.3) is 0 Å². The predicted molar refractivity (Wildman–Crippen MR) is 105 cm³/mol. The first-order valence-electron chi connectivity index (χ1n) is 8.52. The van der Waals surface area contributed by atoms with Gasteiger partial charge < -0.3 is 10.2 Å². The van der Waals surface area contributed by atoms with E-state index in [2.05, 4.69) is 10.5 Å². The Kier molecular flexibility index (Phi) is 5.52. The molecule has 27 heavy (non-hydrogen) atoms. The Balaban J connectivity index is 1.88. The van der Waals surface area contributed by atoms with Crippen LogP contribution in [-0.2, 0) is 4.79 Å². The maximum Gasteiger partial charge on any atom is 0.252 e. The standard InChI is InChI=1S/C22H20N2O3/c1-15(19-14-18(25)12-13-20(19)26)23-24-22(27)21(16-8-4-2-5-9-16)17-10-6-3-7-11-17/h2-14,21,25-26H,1H3,(H,24,27)/b23-15-. The molecule has 0 fully saturated rings. The molecule has 0 saturated heterocycles. The molecular formula is C22H20N2O3. The van der Waals surface area contributed by atoms with E-state index >= 15 is 0 Å². The van der Waals surface area contributed by atoms with Gasteiger partial charge in [-0.2, -0.15) is 5.10 Å². The van der Waals surface area contributed by atoms with E-state index in [4.69, 9.17) is 0 Å². The normalized spacial score (nSPS) is 11.4. The van der Waals surface area contributed by atoms with Crippen molar-refractivity contribution in [2.45, 2.75) is 12.8 Å². The summed E-state index contributed by atoms with van der Waals surface area (Å²) < 4.78 is 0. The van der Waals surface area contributed by atoms with Gasteiger partial charge >= 0.3 is 0 Å². The average molecular weight is 360 g/mol. The minimum Gasteiger partial charge on any atom is -0.508 e. The SMILES string of the molecule is C/C(=N/NC(=O)C(c1ccccc1)c1ccccc1)c1cc(O)ccc1O. The van der Waals surface area contributed by atoms with Crippen LogP contribution in [0.1, 0.15) is 29.5 Å². The molecule has 136 valence electrons. The van der Waals surface area contributed by atoms with Crippen molar-refractivity contribution < 1.29 is 15.0 Å². The summed E-state index contributed by atoms with van der Waals surface area (Å²) in [4.78, 5) is 12.9. The van der Waals surface area contributed by atoms with Crippen molar-refractivity contribution in [3.63, 3.8) is 0 Å².